The third kappa shape index (κ3) is 35.6. The minimum Gasteiger partial charge on any atom is -0.462 e. The summed E-state index contributed by atoms with van der Waals surface area (Å²) in [4.78, 5) is 24.5. The quantitative estimate of drug-likeness (QED) is 0.0500. The molecule has 0 aliphatic rings. The smallest absolute Gasteiger partial charge is 0.306 e. The van der Waals surface area contributed by atoms with Crippen LogP contribution in [-0.2, 0) is 23.8 Å². The maximum absolute atomic E-state index is 12.3. The molecule has 0 saturated heterocycles. The van der Waals surface area contributed by atoms with Crippen LogP contribution in [0.25, 0.3) is 0 Å². The second kappa shape index (κ2) is 37.4. The molecule has 0 N–H and O–H groups in total. The highest BCUT2D eigenvalue weighted by Gasteiger charge is 2.17. The number of hydrogen-bond acceptors (Lipinski definition) is 5. The van der Waals surface area contributed by atoms with Crippen molar-refractivity contribution in [2.24, 2.45) is 0 Å². The van der Waals surface area contributed by atoms with E-state index in [1.54, 1.807) is 7.11 Å². The molecule has 0 spiro atoms. The van der Waals surface area contributed by atoms with Crippen LogP contribution in [0.5, 0.6) is 0 Å². The standard InChI is InChI=1S/C40H78O5/c1-4-6-8-10-12-14-16-18-20-22-24-26-28-30-32-34-39(41)44-37-38(36-43-3)45-40(42)35-33-31-29-27-25-23-21-19-17-15-13-11-9-7-5-2/h38H,4-37H2,1-3H3/t38-/m0/s1. The van der Waals surface area contributed by atoms with Gasteiger partial charge < -0.3 is 14.2 Å². The first kappa shape index (κ1) is 43.9. The van der Waals surface area contributed by atoms with Crippen molar-refractivity contribution in [1.29, 1.82) is 0 Å². The largest absolute Gasteiger partial charge is 0.462 e. The van der Waals surface area contributed by atoms with E-state index in [1.807, 2.05) is 0 Å². The topological polar surface area (TPSA) is 61.8 Å². The normalized spacial score (nSPS) is 12.0. The average Bonchev–Trinajstić information content (AvgIpc) is 3.03. The number of esters is 2. The molecule has 268 valence electrons. The Morgan fingerprint density at radius 3 is 1.00 bits per heavy atom. The molecule has 0 fully saturated rings. The molecule has 0 amide bonds. The lowest BCUT2D eigenvalue weighted by atomic mass is 10.0. The van der Waals surface area contributed by atoms with E-state index in [0.717, 1.165) is 25.7 Å². The highest BCUT2D eigenvalue weighted by atomic mass is 16.6. The van der Waals surface area contributed by atoms with Crippen LogP contribution in [0.3, 0.4) is 0 Å². The van der Waals surface area contributed by atoms with E-state index < -0.39 is 6.10 Å². The van der Waals surface area contributed by atoms with Gasteiger partial charge in [-0.05, 0) is 12.8 Å². The molecule has 0 aromatic heterocycles. The van der Waals surface area contributed by atoms with E-state index in [4.69, 9.17) is 14.2 Å². The Kier molecular flexibility index (Phi) is 36.4. The van der Waals surface area contributed by atoms with E-state index in [-0.39, 0.29) is 25.2 Å². The van der Waals surface area contributed by atoms with Gasteiger partial charge in [0.05, 0.1) is 6.61 Å². The summed E-state index contributed by atoms with van der Waals surface area (Å²) in [5, 5.41) is 0. The van der Waals surface area contributed by atoms with Crippen LogP contribution in [0.4, 0.5) is 0 Å². The number of carbonyl (C=O) groups is 2. The lowest BCUT2D eigenvalue weighted by Gasteiger charge is -2.17. The predicted molar refractivity (Wildman–Crippen MR) is 192 cm³/mol. The summed E-state index contributed by atoms with van der Waals surface area (Å²) in [6, 6.07) is 0. The Bertz CT molecular complexity index is 607. The zero-order valence-electron chi connectivity index (χ0n) is 30.7. The van der Waals surface area contributed by atoms with Crippen molar-refractivity contribution in [2.75, 3.05) is 20.3 Å². The molecule has 0 saturated carbocycles. The van der Waals surface area contributed by atoms with Gasteiger partial charge in [-0.15, -0.1) is 0 Å². The molecule has 0 rings (SSSR count). The summed E-state index contributed by atoms with van der Waals surface area (Å²) in [6.45, 7) is 4.88. The van der Waals surface area contributed by atoms with Crippen LogP contribution in [0.15, 0.2) is 0 Å². The Labute approximate surface area is 281 Å². The minimum absolute atomic E-state index is 0.0794. The van der Waals surface area contributed by atoms with Gasteiger partial charge >= 0.3 is 11.9 Å². The maximum atomic E-state index is 12.3. The van der Waals surface area contributed by atoms with E-state index in [9.17, 15) is 9.59 Å². The van der Waals surface area contributed by atoms with Crippen LogP contribution in [-0.4, -0.2) is 38.4 Å². The van der Waals surface area contributed by atoms with Crippen molar-refractivity contribution < 1.29 is 23.8 Å². The fourth-order valence-electron chi connectivity index (χ4n) is 6.09. The lowest BCUT2D eigenvalue weighted by molar-refractivity contribution is -0.162. The van der Waals surface area contributed by atoms with Crippen LogP contribution < -0.4 is 0 Å². The third-order valence-corrected chi connectivity index (χ3v) is 9.05. The van der Waals surface area contributed by atoms with Crippen LogP contribution >= 0.6 is 0 Å². The van der Waals surface area contributed by atoms with Crippen LogP contribution in [0.1, 0.15) is 219 Å². The van der Waals surface area contributed by atoms with Gasteiger partial charge in [-0.3, -0.25) is 9.59 Å². The fraction of sp³-hybridized carbons (Fsp3) is 0.950. The number of carbonyl (C=O) groups excluding carboxylic acids is 2. The molecule has 5 nitrogen and oxygen atoms in total. The van der Waals surface area contributed by atoms with Crippen LogP contribution in [0, 0.1) is 0 Å². The zero-order valence-corrected chi connectivity index (χ0v) is 30.7. The molecule has 0 aliphatic carbocycles. The second-order valence-electron chi connectivity index (χ2n) is 13.6. The van der Waals surface area contributed by atoms with Crippen molar-refractivity contribution in [3.63, 3.8) is 0 Å². The van der Waals surface area contributed by atoms with Crippen molar-refractivity contribution >= 4 is 11.9 Å². The third-order valence-electron chi connectivity index (χ3n) is 9.05. The molecule has 0 aliphatic heterocycles. The van der Waals surface area contributed by atoms with Gasteiger partial charge in [-0.2, -0.15) is 0 Å². The Balaban J connectivity index is 3.59. The van der Waals surface area contributed by atoms with Gasteiger partial charge in [-0.1, -0.05) is 194 Å². The fourth-order valence-corrected chi connectivity index (χ4v) is 6.09. The molecule has 0 aromatic carbocycles. The molecule has 0 heterocycles. The van der Waals surface area contributed by atoms with Gasteiger partial charge in [0, 0.05) is 20.0 Å². The summed E-state index contributed by atoms with van der Waals surface area (Å²) in [5.41, 5.74) is 0. The Morgan fingerprint density at radius 2 is 0.689 bits per heavy atom. The maximum Gasteiger partial charge on any atom is 0.306 e. The van der Waals surface area contributed by atoms with E-state index >= 15 is 0 Å². The van der Waals surface area contributed by atoms with E-state index in [2.05, 4.69) is 13.8 Å². The molecule has 0 aromatic rings. The second-order valence-corrected chi connectivity index (χ2v) is 13.6. The molecular weight excluding hydrogens is 560 g/mol. The number of methoxy groups -OCH3 is 1. The molecule has 45 heavy (non-hydrogen) atoms. The van der Waals surface area contributed by atoms with Gasteiger partial charge in [0.25, 0.3) is 0 Å². The highest BCUT2D eigenvalue weighted by Crippen LogP contribution is 2.16. The monoisotopic (exact) mass is 639 g/mol. The number of ether oxygens (including phenoxy) is 3. The summed E-state index contributed by atoms with van der Waals surface area (Å²) >= 11 is 0. The van der Waals surface area contributed by atoms with E-state index in [0.29, 0.717) is 12.8 Å². The van der Waals surface area contributed by atoms with Crippen LogP contribution in [0.2, 0.25) is 0 Å². The summed E-state index contributed by atoms with van der Waals surface area (Å²) in [6.07, 6.45) is 39.5. The first-order chi connectivity index (χ1) is 22.1. The van der Waals surface area contributed by atoms with Crippen molar-refractivity contribution in [2.45, 2.75) is 225 Å². The van der Waals surface area contributed by atoms with Gasteiger partial charge in [0.2, 0.25) is 0 Å². The molecule has 0 unspecified atom stereocenters. The molecule has 1 atom stereocenters. The van der Waals surface area contributed by atoms with Crippen molar-refractivity contribution in [1.82, 2.24) is 0 Å². The first-order valence-electron chi connectivity index (χ1n) is 20.0. The average molecular weight is 639 g/mol. The number of unbranched alkanes of at least 4 members (excludes halogenated alkanes) is 28. The summed E-state index contributed by atoms with van der Waals surface area (Å²) in [5.74, 6) is -0.422. The van der Waals surface area contributed by atoms with Gasteiger partial charge in [0.1, 0.15) is 6.61 Å². The Morgan fingerprint density at radius 1 is 0.400 bits per heavy atom. The summed E-state index contributed by atoms with van der Waals surface area (Å²) in [7, 11) is 1.58. The molecule has 5 heteroatoms. The number of hydrogen-bond donors (Lipinski definition) is 0. The first-order valence-corrected chi connectivity index (χ1v) is 20.0. The lowest BCUT2D eigenvalue weighted by Crippen LogP contribution is -2.29. The predicted octanol–water partition coefficient (Wildman–Crippen LogP) is 12.6. The zero-order chi connectivity index (χ0) is 32.9. The number of rotatable bonds is 37. The summed E-state index contributed by atoms with van der Waals surface area (Å²) < 4.78 is 16.2. The minimum atomic E-state index is -0.524. The Hall–Kier alpha value is -1.10. The van der Waals surface area contributed by atoms with Crippen molar-refractivity contribution in [3.8, 4) is 0 Å². The molecule has 0 bridgehead atoms. The highest BCUT2D eigenvalue weighted by molar-refractivity contribution is 5.70. The van der Waals surface area contributed by atoms with Gasteiger partial charge in [0.15, 0.2) is 6.10 Å². The van der Waals surface area contributed by atoms with Gasteiger partial charge in [-0.25, -0.2) is 0 Å². The molecular formula is C40H78O5. The molecule has 0 radical (unpaired) electrons. The van der Waals surface area contributed by atoms with E-state index in [1.165, 1.54) is 167 Å². The van der Waals surface area contributed by atoms with Crippen molar-refractivity contribution in [3.05, 3.63) is 0 Å². The SMILES string of the molecule is CCCCCCCCCCCCCCCCCC(=O)OC[C@H](COC)OC(=O)CCCCCCCCCCCCCCCCC.